The minimum absolute atomic E-state index is 0.152. The number of nitrogens with zero attached hydrogens (tertiary/aromatic N) is 3. The van der Waals surface area contributed by atoms with Gasteiger partial charge in [0, 0.05) is 10.8 Å². The van der Waals surface area contributed by atoms with Crippen LogP contribution in [0.3, 0.4) is 0 Å². The van der Waals surface area contributed by atoms with Crippen LogP contribution in [0.1, 0.15) is 26.6 Å². The molecule has 0 bridgehead atoms. The standard InChI is InChI=1S/C22H18Cl2N4OS2/c1-14-4-2-5-15(10-14)13-31-22-27-26-20(12-25-21(29)19-6-3-9-30-19)28(22)18-8-7-16(23)11-17(18)24/h2-11H,12-13H2,1H3,(H,25,29). The molecule has 0 unspecified atom stereocenters. The minimum Gasteiger partial charge on any atom is -0.344 e. The molecule has 2 aromatic heterocycles. The van der Waals surface area contributed by atoms with Crippen molar-refractivity contribution in [2.24, 2.45) is 0 Å². The van der Waals surface area contributed by atoms with E-state index < -0.39 is 0 Å². The van der Waals surface area contributed by atoms with Gasteiger partial charge in [0.15, 0.2) is 11.0 Å². The molecule has 2 aromatic carbocycles. The van der Waals surface area contributed by atoms with E-state index in [9.17, 15) is 4.79 Å². The molecule has 1 N–H and O–H groups in total. The fourth-order valence-corrected chi connectivity index (χ4v) is 5.06. The van der Waals surface area contributed by atoms with Gasteiger partial charge in [-0.05, 0) is 42.1 Å². The molecular formula is C22H18Cl2N4OS2. The lowest BCUT2D eigenvalue weighted by atomic mass is 10.2. The predicted octanol–water partition coefficient (Wildman–Crippen LogP) is 6.17. The van der Waals surface area contributed by atoms with Crippen molar-refractivity contribution in [3.63, 3.8) is 0 Å². The topological polar surface area (TPSA) is 59.8 Å². The van der Waals surface area contributed by atoms with Crippen molar-refractivity contribution in [1.29, 1.82) is 0 Å². The highest BCUT2D eigenvalue weighted by Crippen LogP contribution is 2.31. The number of hydrogen-bond acceptors (Lipinski definition) is 5. The highest BCUT2D eigenvalue weighted by atomic mass is 35.5. The number of carbonyl (C=O) groups is 1. The normalized spacial score (nSPS) is 10.9. The maximum absolute atomic E-state index is 12.4. The molecule has 0 radical (unpaired) electrons. The maximum Gasteiger partial charge on any atom is 0.261 e. The van der Waals surface area contributed by atoms with Crippen molar-refractivity contribution in [2.75, 3.05) is 0 Å². The lowest BCUT2D eigenvalue weighted by Gasteiger charge is -2.13. The van der Waals surface area contributed by atoms with E-state index in [1.54, 1.807) is 30.0 Å². The first-order chi connectivity index (χ1) is 15.0. The number of rotatable bonds is 7. The van der Waals surface area contributed by atoms with Crippen molar-refractivity contribution < 1.29 is 4.79 Å². The quantitative estimate of drug-likeness (QED) is 0.316. The Balaban J connectivity index is 1.62. The number of benzene rings is 2. The van der Waals surface area contributed by atoms with Crippen LogP contribution in [0.4, 0.5) is 0 Å². The van der Waals surface area contributed by atoms with E-state index in [0.717, 1.165) is 5.75 Å². The Morgan fingerprint density at radius 3 is 2.74 bits per heavy atom. The van der Waals surface area contributed by atoms with Crippen LogP contribution in [0.5, 0.6) is 0 Å². The van der Waals surface area contributed by atoms with Gasteiger partial charge in [0.1, 0.15) is 0 Å². The van der Waals surface area contributed by atoms with E-state index in [1.165, 1.54) is 22.5 Å². The van der Waals surface area contributed by atoms with E-state index in [2.05, 4.69) is 40.6 Å². The molecule has 0 saturated heterocycles. The number of amides is 1. The van der Waals surface area contributed by atoms with Crippen molar-refractivity contribution in [2.45, 2.75) is 24.4 Å². The zero-order valence-corrected chi connectivity index (χ0v) is 19.7. The fourth-order valence-electron chi connectivity index (χ4n) is 3.02. The highest BCUT2D eigenvalue weighted by molar-refractivity contribution is 7.98. The Kier molecular flexibility index (Phi) is 6.97. The molecule has 0 aliphatic carbocycles. The molecule has 158 valence electrons. The third-order valence-corrected chi connectivity index (χ3v) is 6.86. The molecule has 9 heteroatoms. The van der Waals surface area contributed by atoms with E-state index in [1.807, 2.05) is 28.1 Å². The van der Waals surface area contributed by atoms with Crippen molar-refractivity contribution in [1.82, 2.24) is 20.1 Å². The van der Waals surface area contributed by atoms with E-state index in [-0.39, 0.29) is 12.5 Å². The summed E-state index contributed by atoms with van der Waals surface area (Å²) in [6.45, 7) is 2.28. The third kappa shape index (κ3) is 5.30. The van der Waals surface area contributed by atoms with E-state index in [4.69, 9.17) is 23.2 Å². The third-order valence-electron chi connectivity index (χ3n) is 4.45. The number of hydrogen-bond donors (Lipinski definition) is 1. The molecule has 5 nitrogen and oxygen atoms in total. The van der Waals surface area contributed by atoms with Crippen LogP contribution < -0.4 is 5.32 Å². The van der Waals surface area contributed by atoms with Crippen LogP contribution in [0.15, 0.2) is 65.1 Å². The lowest BCUT2D eigenvalue weighted by Crippen LogP contribution is -2.24. The summed E-state index contributed by atoms with van der Waals surface area (Å²) >= 11 is 15.5. The van der Waals surface area contributed by atoms with E-state index in [0.29, 0.717) is 31.6 Å². The van der Waals surface area contributed by atoms with Crippen LogP contribution >= 0.6 is 46.3 Å². The second-order valence-corrected chi connectivity index (χ2v) is 9.50. The zero-order chi connectivity index (χ0) is 21.8. The first-order valence-corrected chi connectivity index (χ1v) is 12.0. The Labute approximate surface area is 198 Å². The molecule has 0 saturated carbocycles. The van der Waals surface area contributed by atoms with Gasteiger partial charge in [-0.3, -0.25) is 9.36 Å². The summed E-state index contributed by atoms with van der Waals surface area (Å²) in [6.07, 6.45) is 0. The summed E-state index contributed by atoms with van der Waals surface area (Å²) < 4.78 is 1.87. The van der Waals surface area contributed by atoms with Gasteiger partial charge in [-0.15, -0.1) is 21.5 Å². The highest BCUT2D eigenvalue weighted by Gasteiger charge is 2.18. The van der Waals surface area contributed by atoms with Gasteiger partial charge >= 0.3 is 0 Å². The van der Waals surface area contributed by atoms with Crippen molar-refractivity contribution in [3.05, 3.63) is 91.9 Å². The molecule has 0 aliphatic heterocycles. The van der Waals surface area contributed by atoms with Gasteiger partial charge in [-0.1, -0.05) is 70.9 Å². The van der Waals surface area contributed by atoms with Crippen LogP contribution in [0.25, 0.3) is 5.69 Å². The number of nitrogens with one attached hydrogen (secondary N) is 1. The van der Waals surface area contributed by atoms with Gasteiger partial charge in [-0.25, -0.2) is 0 Å². The summed E-state index contributed by atoms with van der Waals surface area (Å²) in [5.41, 5.74) is 3.11. The number of carbonyl (C=O) groups excluding carboxylic acids is 1. The van der Waals surface area contributed by atoms with Gasteiger partial charge in [0.2, 0.25) is 0 Å². The van der Waals surface area contributed by atoms with Gasteiger partial charge in [0.05, 0.1) is 22.1 Å². The summed E-state index contributed by atoms with van der Waals surface area (Å²) in [6, 6.07) is 17.2. The van der Waals surface area contributed by atoms with Crippen molar-refractivity contribution >= 4 is 52.2 Å². The summed E-state index contributed by atoms with van der Waals surface area (Å²) in [4.78, 5) is 13.0. The average molecular weight is 489 g/mol. The molecule has 0 fully saturated rings. The van der Waals surface area contributed by atoms with Crippen LogP contribution in [0.2, 0.25) is 10.0 Å². The second-order valence-electron chi connectivity index (χ2n) is 6.77. The van der Waals surface area contributed by atoms with Crippen LogP contribution in [0, 0.1) is 6.92 Å². The molecule has 31 heavy (non-hydrogen) atoms. The Morgan fingerprint density at radius 2 is 2.00 bits per heavy atom. The molecule has 2 heterocycles. The first-order valence-electron chi connectivity index (χ1n) is 9.41. The predicted molar refractivity (Wildman–Crippen MR) is 128 cm³/mol. The molecule has 0 atom stereocenters. The lowest BCUT2D eigenvalue weighted by molar-refractivity contribution is 0.0953. The summed E-state index contributed by atoms with van der Waals surface area (Å²) in [5, 5.41) is 15.2. The Morgan fingerprint density at radius 1 is 1.13 bits per heavy atom. The summed E-state index contributed by atoms with van der Waals surface area (Å²) in [5.74, 6) is 1.16. The van der Waals surface area contributed by atoms with Gasteiger partial charge in [-0.2, -0.15) is 0 Å². The molecule has 1 amide bonds. The monoisotopic (exact) mass is 488 g/mol. The maximum atomic E-state index is 12.4. The fraction of sp³-hybridized carbons (Fsp3) is 0.136. The van der Waals surface area contributed by atoms with Crippen LogP contribution in [-0.4, -0.2) is 20.7 Å². The Hall–Kier alpha value is -2.32. The van der Waals surface area contributed by atoms with Crippen LogP contribution in [-0.2, 0) is 12.3 Å². The number of halogens is 2. The number of thiophene rings is 1. The smallest absolute Gasteiger partial charge is 0.261 e. The van der Waals surface area contributed by atoms with E-state index >= 15 is 0 Å². The molecular weight excluding hydrogens is 471 g/mol. The second kappa shape index (κ2) is 9.87. The van der Waals surface area contributed by atoms with Crippen molar-refractivity contribution in [3.8, 4) is 5.69 Å². The SMILES string of the molecule is Cc1cccc(CSc2nnc(CNC(=O)c3cccs3)n2-c2ccc(Cl)cc2Cl)c1. The molecule has 0 aliphatic rings. The number of aryl methyl sites for hydroxylation is 1. The first kappa shape index (κ1) is 21.9. The Bertz CT molecular complexity index is 1210. The average Bonchev–Trinajstić information content (AvgIpc) is 3.41. The molecule has 4 rings (SSSR count). The largest absolute Gasteiger partial charge is 0.344 e. The number of thioether (sulfide) groups is 1. The molecule has 0 spiro atoms. The van der Waals surface area contributed by atoms with Gasteiger partial charge < -0.3 is 5.32 Å². The minimum atomic E-state index is -0.152. The molecule has 4 aromatic rings. The zero-order valence-electron chi connectivity index (χ0n) is 16.5. The summed E-state index contributed by atoms with van der Waals surface area (Å²) in [7, 11) is 0. The number of aromatic nitrogens is 3. The van der Waals surface area contributed by atoms with Gasteiger partial charge in [0.25, 0.3) is 5.91 Å².